The van der Waals surface area contributed by atoms with Crippen molar-refractivity contribution in [3.05, 3.63) is 0 Å². The third-order valence-corrected chi connectivity index (χ3v) is 13.9. The summed E-state index contributed by atoms with van der Waals surface area (Å²) in [5.41, 5.74) is 0. The van der Waals surface area contributed by atoms with Crippen LogP contribution in [0, 0.1) is 5.92 Å². The summed E-state index contributed by atoms with van der Waals surface area (Å²) >= 11 is 0. The van der Waals surface area contributed by atoms with E-state index in [0.717, 1.165) is 63.7 Å². The first-order valence-corrected chi connectivity index (χ1v) is 29.4. The van der Waals surface area contributed by atoms with Crippen molar-refractivity contribution in [2.24, 2.45) is 5.92 Å². The monoisotopic (exact) mass is 919 g/mol. The van der Waals surface area contributed by atoms with Crippen molar-refractivity contribution in [1.82, 2.24) is 0 Å². The van der Waals surface area contributed by atoms with E-state index in [2.05, 4.69) is 27.7 Å². The highest BCUT2D eigenvalue weighted by Crippen LogP contribution is 2.18. The van der Waals surface area contributed by atoms with Crippen LogP contribution in [0.2, 0.25) is 0 Å². The molecular weight excluding hydrogens is 805 g/mol. The van der Waals surface area contributed by atoms with Crippen LogP contribution in [0.3, 0.4) is 0 Å². The Morgan fingerprint density at radius 1 is 0.308 bits per heavy atom. The van der Waals surface area contributed by atoms with Crippen LogP contribution < -0.4 is 0 Å². The van der Waals surface area contributed by atoms with Gasteiger partial charge in [0.25, 0.3) is 0 Å². The van der Waals surface area contributed by atoms with Gasteiger partial charge in [-0.05, 0) is 25.2 Å². The number of ether oxygens (including phenoxy) is 3. The molecule has 0 saturated carbocycles. The Bertz CT molecular complexity index is 982. The number of esters is 3. The van der Waals surface area contributed by atoms with E-state index in [9.17, 15) is 14.4 Å². The second kappa shape index (κ2) is 53.4. The molecule has 0 fully saturated rings. The standard InChI is InChI=1S/C59H114O6/c1-5-8-10-12-14-16-18-19-27-32-36-40-44-48-52-59(62)65-56(53-63-57(60)50-46-42-38-34-29-17-15-13-11-9-6-2)54-64-58(61)51-47-43-39-35-31-28-25-23-21-20-22-24-26-30-33-37-41-45-49-55(4)7-3/h55-56H,5-54H2,1-4H3/t55?,56-/m1/s1. The quantitative estimate of drug-likeness (QED) is 0.0344. The van der Waals surface area contributed by atoms with Crippen LogP contribution in [0.4, 0.5) is 0 Å². The lowest BCUT2D eigenvalue weighted by Gasteiger charge is -2.18. The van der Waals surface area contributed by atoms with E-state index in [0.29, 0.717) is 19.3 Å². The molecule has 0 N–H and O–H groups in total. The van der Waals surface area contributed by atoms with Crippen molar-refractivity contribution in [2.45, 2.75) is 342 Å². The van der Waals surface area contributed by atoms with Crippen LogP contribution in [-0.4, -0.2) is 37.2 Å². The highest BCUT2D eigenvalue weighted by molar-refractivity contribution is 5.71. The van der Waals surface area contributed by atoms with Crippen molar-refractivity contribution >= 4 is 17.9 Å². The first kappa shape index (κ1) is 63.4. The minimum absolute atomic E-state index is 0.0617. The summed E-state index contributed by atoms with van der Waals surface area (Å²) in [5.74, 6) is 0.0743. The summed E-state index contributed by atoms with van der Waals surface area (Å²) in [6.45, 7) is 9.10. The van der Waals surface area contributed by atoms with E-state index in [4.69, 9.17) is 14.2 Å². The van der Waals surface area contributed by atoms with Crippen LogP contribution >= 0.6 is 0 Å². The maximum atomic E-state index is 12.8. The van der Waals surface area contributed by atoms with Gasteiger partial charge in [0.2, 0.25) is 0 Å². The van der Waals surface area contributed by atoms with E-state index in [1.807, 2.05) is 0 Å². The molecule has 2 atom stereocenters. The Labute approximate surface area is 406 Å². The van der Waals surface area contributed by atoms with Gasteiger partial charge < -0.3 is 14.2 Å². The predicted octanol–water partition coefficient (Wildman–Crippen LogP) is 19.4. The molecule has 0 spiro atoms. The molecule has 386 valence electrons. The molecule has 0 radical (unpaired) electrons. The van der Waals surface area contributed by atoms with Gasteiger partial charge >= 0.3 is 17.9 Å². The Kier molecular flexibility index (Phi) is 52.1. The zero-order valence-electron chi connectivity index (χ0n) is 44.5. The smallest absolute Gasteiger partial charge is 0.306 e. The number of carbonyl (C=O) groups excluding carboxylic acids is 3. The van der Waals surface area contributed by atoms with Gasteiger partial charge in [0.1, 0.15) is 13.2 Å². The molecule has 6 heteroatoms. The average Bonchev–Trinajstić information content (AvgIpc) is 3.30. The van der Waals surface area contributed by atoms with Crippen LogP contribution in [0.1, 0.15) is 336 Å². The lowest BCUT2D eigenvalue weighted by atomic mass is 9.99. The molecule has 0 aromatic rings. The second-order valence-electron chi connectivity index (χ2n) is 20.5. The molecule has 0 aliphatic carbocycles. The van der Waals surface area contributed by atoms with Crippen LogP contribution in [-0.2, 0) is 28.6 Å². The van der Waals surface area contributed by atoms with Gasteiger partial charge in [-0.15, -0.1) is 0 Å². The lowest BCUT2D eigenvalue weighted by molar-refractivity contribution is -0.167. The van der Waals surface area contributed by atoms with E-state index >= 15 is 0 Å². The fraction of sp³-hybridized carbons (Fsp3) is 0.949. The largest absolute Gasteiger partial charge is 0.462 e. The van der Waals surface area contributed by atoms with Crippen molar-refractivity contribution in [2.75, 3.05) is 13.2 Å². The Hall–Kier alpha value is -1.59. The van der Waals surface area contributed by atoms with Crippen molar-refractivity contribution < 1.29 is 28.6 Å². The molecule has 0 bridgehead atoms. The summed E-state index contributed by atoms with van der Waals surface area (Å²) in [7, 11) is 0. The topological polar surface area (TPSA) is 78.9 Å². The number of hydrogen-bond acceptors (Lipinski definition) is 6. The molecule has 0 saturated heterocycles. The van der Waals surface area contributed by atoms with Gasteiger partial charge in [0.05, 0.1) is 0 Å². The van der Waals surface area contributed by atoms with Gasteiger partial charge in [-0.1, -0.05) is 297 Å². The lowest BCUT2D eigenvalue weighted by Crippen LogP contribution is -2.30. The summed E-state index contributed by atoms with van der Waals surface area (Å²) in [6.07, 6.45) is 58.0. The molecule has 0 rings (SSSR count). The fourth-order valence-electron chi connectivity index (χ4n) is 9.07. The third-order valence-electron chi connectivity index (χ3n) is 13.9. The Morgan fingerprint density at radius 2 is 0.538 bits per heavy atom. The molecule has 0 aromatic carbocycles. The van der Waals surface area contributed by atoms with Gasteiger partial charge in [0.15, 0.2) is 6.10 Å². The average molecular weight is 920 g/mol. The summed E-state index contributed by atoms with van der Waals surface area (Å²) in [5, 5.41) is 0. The molecule has 0 heterocycles. The number of carbonyl (C=O) groups is 3. The highest BCUT2D eigenvalue weighted by Gasteiger charge is 2.19. The maximum absolute atomic E-state index is 12.8. The molecular formula is C59H114O6. The molecule has 6 nitrogen and oxygen atoms in total. The van der Waals surface area contributed by atoms with E-state index in [1.165, 1.54) is 231 Å². The van der Waals surface area contributed by atoms with Crippen LogP contribution in [0.25, 0.3) is 0 Å². The molecule has 0 aliphatic rings. The Balaban J connectivity index is 4.20. The second-order valence-corrected chi connectivity index (χ2v) is 20.5. The minimum Gasteiger partial charge on any atom is -0.462 e. The van der Waals surface area contributed by atoms with Crippen LogP contribution in [0.5, 0.6) is 0 Å². The van der Waals surface area contributed by atoms with Crippen molar-refractivity contribution in [3.63, 3.8) is 0 Å². The first-order valence-electron chi connectivity index (χ1n) is 29.4. The SMILES string of the molecule is CCCCCCCCCCCCCCCCC(=O)O[C@H](COC(=O)CCCCCCCCCCCCC)COC(=O)CCCCCCCCCCCCCCCCCCCCC(C)CC. The summed E-state index contributed by atoms with van der Waals surface area (Å²) < 4.78 is 16.9. The minimum atomic E-state index is -0.761. The van der Waals surface area contributed by atoms with E-state index in [1.54, 1.807) is 0 Å². The highest BCUT2D eigenvalue weighted by atomic mass is 16.6. The molecule has 1 unspecified atom stereocenters. The van der Waals surface area contributed by atoms with E-state index in [-0.39, 0.29) is 31.1 Å². The summed E-state index contributed by atoms with van der Waals surface area (Å²) in [4.78, 5) is 38.1. The maximum Gasteiger partial charge on any atom is 0.306 e. The van der Waals surface area contributed by atoms with Gasteiger partial charge in [0, 0.05) is 19.3 Å². The number of unbranched alkanes of at least 4 members (excludes halogenated alkanes) is 40. The van der Waals surface area contributed by atoms with E-state index < -0.39 is 6.10 Å². The first-order chi connectivity index (χ1) is 31.9. The molecule has 65 heavy (non-hydrogen) atoms. The fourth-order valence-corrected chi connectivity index (χ4v) is 9.07. The summed E-state index contributed by atoms with van der Waals surface area (Å²) in [6, 6.07) is 0. The van der Waals surface area contributed by atoms with Gasteiger partial charge in [-0.3, -0.25) is 14.4 Å². The Morgan fingerprint density at radius 3 is 0.800 bits per heavy atom. The normalized spacial score (nSPS) is 12.4. The van der Waals surface area contributed by atoms with Crippen molar-refractivity contribution in [1.29, 1.82) is 0 Å². The molecule has 0 amide bonds. The van der Waals surface area contributed by atoms with Gasteiger partial charge in [-0.25, -0.2) is 0 Å². The zero-order chi connectivity index (χ0) is 47.4. The van der Waals surface area contributed by atoms with Gasteiger partial charge in [-0.2, -0.15) is 0 Å². The third kappa shape index (κ3) is 51.6. The number of rotatable bonds is 54. The zero-order valence-corrected chi connectivity index (χ0v) is 44.5. The van der Waals surface area contributed by atoms with Crippen molar-refractivity contribution in [3.8, 4) is 0 Å². The number of hydrogen-bond donors (Lipinski definition) is 0. The van der Waals surface area contributed by atoms with Crippen LogP contribution in [0.15, 0.2) is 0 Å². The molecule has 0 aliphatic heterocycles. The predicted molar refractivity (Wildman–Crippen MR) is 280 cm³/mol. The molecule has 0 aromatic heterocycles.